The van der Waals surface area contributed by atoms with Crippen molar-refractivity contribution in [1.82, 2.24) is 20.5 Å². The lowest BCUT2D eigenvalue weighted by Gasteiger charge is -2.20. The number of fused-ring (bicyclic) bond motifs is 1. The molecule has 0 aliphatic carbocycles. The molecule has 8 nitrogen and oxygen atoms in total. The van der Waals surface area contributed by atoms with E-state index in [-0.39, 0.29) is 24.0 Å². The van der Waals surface area contributed by atoms with Crippen LogP contribution in [0, 0.1) is 23.2 Å². The van der Waals surface area contributed by atoms with Crippen molar-refractivity contribution >= 4 is 22.6 Å². The second-order valence-electron chi connectivity index (χ2n) is 8.03. The summed E-state index contributed by atoms with van der Waals surface area (Å²) in [7, 11) is 1.58. The fourth-order valence-corrected chi connectivity index (χ4v) is 3.68. The first-order valence-electron chi connectivity index (χ1n) is 10.3. The molecule has 0 bridgehead atoms. The van der Waals surface area contributed by atoms with Crippen LogP contribution in [0.5, 0.6) is 5.75 Å². The van der Waals surface area contributed by atoms with Gasteiger partial charge < -0.3 is 15.0 Å². The third kappa shape index (κ3) is 5.51. The number of rotatable bonds is 10. The smallest absolute Gasteiger partial charge is 0.224 e. The Kier molecular flexibility index (Phi) is 7.08. The number of benzene rings is 1. The minimum atomic E-state index is -0.699. The minimum absolute atomic E-state index is 0.0569. The van der Waals surface area contributed by atoms with Crippen molar-refractivity contribution < 1.29 is 14.3 Å². The number of nitriles is 1. The van der Waals surface area contributed by atoms with E-state index in [2.05, 4.69) is 26.6 Å². The summed E-state index contributed by atoms with van der Waals surface area (Å²) in [6, 6.07) is 10.5. The summed E-state index contributed by atoms with van der Waals surface area (Å²) in [4.78, 5) is 29.1. The number of methoxy groups -OCH3 is 1. The van der Waals surface area contributed by atoms with Gasteiger partial charge in [0.15, 0.2) is 5.78 Å². The molecular weight excluding hydrogens is 394 g/mol. The van der Waals surface area contributed by atoms with Crippen LogP contribution in [0.2, 0.25) is 0 Å². The van der Waals surface area contributed by atoms with Crippen LogP contribution in [0.25, 0.3) is 10.9 Å². The number of hydrogen-bond acceptors (Lipinski definition) is 5. The Morgan fingerprint density at radius 3 is 2.74 bits per heavy atom. The molecule has 3 aromatic rings. The molecule has 2 aromatic heterocycles. The van der Waals surface area contributed by atoms with Crippen molar-refractivity contribution in [3.63, 3.8) is 0 Å². The third-order valence-corrected chi connectivity index (χ3v) is 5.16. The maximum Gasteiger partial charge on any atom is 0.224 e. The molecule has 0 aliphatic heterocycles. The van der Waals surface area contributed by atoms with Crippen LogP contribution in [-0.2, 0) is 11.2 Å². The maximum atomic E-state index is 13.0. The lowest BCUT2D eigenvalue weighted by molar-refractivity contribution is -0.125. The van der Waals surface area contributed by atoms with Crippen LogP contribution >= 0.6 is 0 Å². The second kappa shape index (κ2) is 9.94. The molecule has 0 spiro atoms. The summed E-state index contributed by atoms with van der Waals surface area (Å²) in [6.07, 6.45) is 2.53. The minimum Gasteiger partial charge on any atom is -0.496 e. The van der Waals surface area contributed by atoms with Crippen molar-refractivity contribution in [2.24, 2.45) is 11.8 Å². The quantitative estimate of drug-likeness (QED) is 0.433. The topological polar surface area (TPSA) is 124 Å². The van der Waals surface area contributed by atoms with Gasteiger partial charge in [-0.05, 0) is 36.6 Å². The van der Waals surface area contributed by atoms with Crippen LogP contribution < -0.4 is 10.1 Å². The summed E-state index contributed by atoms with van der Waals surface area (Å²) in [6.45, 7) is 4.01. The average molecular weight is 422 g/mol. The molecule has 0 fully saturated rings. The largest absolute Gasteiger partial charge is 0.496 e. The number of amides is 1. The summed E-state index contributed by atoms with van der Waals surface area (Å²) < 4.78 is 5.36. The molecule has 0 saturated carbocycles. The Morgan fingerprint density at radius 2 is 2.10 bits per heavy atom. The van der Waals surface area contributed by atoms with Gasteiger partial charge >= 0.3 is 0 Å². The van der Waals surface area contributed by atoms with Crippen molar-refractivity contribution in [3.8, 4) is 11.8 Å². The summed E-state index contributed by atoms with van der Waals surface area (Å²) in [5.41, 5.74) is 2.00. The molecule has 1 amide bonds. The fraction of sp³-hybridized carbons (Fsp3) is 0.391. The predicted molar refractivity (Wildman–Crippen MR) is 117 cm³/mol. The average Bonchev–Trinajstić information content (AvgIpc) is 3.41. The fourth-order valence-electron chi connectivity index (χ4n) is 3.68. The van der Waals surface area contributed by atoms with Gasteiger partial charge in [0.25, 0.3) is 0 Å². The first kappa shape index (κ1) is 22.1. The first-order valence-corrected chi connectivity index (χ1v) is 10.3. The molecule has 3 rings (SSSR count). The van der Waals surface area contributed by atoms with E-state index in [0.717, 1.165) is 16.6 Å². The van der Waals surface area contributed by atoms with Gasteiger partial charge in [-0.15, -0.1) is 0 Å². The number of carbonyl (C=O) groups is 2. The SMILES string of the molecule is COc1cccc2[nH]c(C(=O)C[C@@H](CC(C)C)C(=O)N[C@@H](C#N)Cc3ccn[nH]3)cc12. The van der Waals surface area contributed by atoms with E-state index in [9.17, 15) is 14.9 Å². The van der Waals surface area contributed by atoms with E-state index in [1.165, 1.54) is 0 Å². The monoisotopic (exact) mass is 421 g/mol. The molecule has 0 saturated heterocycles. The van der Waals surface area contributed by atoms with E-state index >= 15 is 0 Å². The van der Waals surface area contributed by atoms with Crippen molar-refractivity contribution in [2.45, 2.75) is 39.2 Å². The number of ether oxygens (including phenoxy) is 1. The number of nitrogens with zero attached hydrogens (tertiary/aromatic N) is 2. The molecule has 2 atom stereocenters. The van der Waals surface area contributed by atoms with Crippen LogP contribution in [0.15, 0.2) is 36.5 Å². The number of H-pyrrole nitrogens is 2. The standard InChI is InChI=1S/C23H27N5O3/c1-14(2)9-15(23(30)26-17(13-24)11-16-7-8-25-28-16)10-21(29)20-12-18-19(27-20)5-4-6-22(18)31-3/h4-8,12,14-15,17,27H,9-11H2,1-3H3,(H,25,28)(H,26,30)/t15-,17-/m1/s1. The van der Waals surface area contributed by atoms with Crippen LogP contribution in [0.3, 0.4) is 0 Å². The van der Waals surface area contributed by atoms with E-state index in [0.29, 0.717) is 24.3 Å². The lowest BCUT2D eigenvalue weighted by atomic mass is 9.90. The highest BCUT2D eigenvalue weighted by Crippen LogP contribution is 2.27. The number of ketones is 1. The summed E-state index contributed by atoms with van der Waals surface area (Å²) >= 11 is 0. The van der Waals surface area contributed by atoms with E-state index in [4.69, 9.17) is 4.74 Å². The molecule has 31 heavy (non-hydrogen) atoms. The maximum absolute atomic E-state index is 13.0. The molecule has 2 heterocycles. The Morgan fingerprint density at radius 1 is 1.29 bits per heavy atom. The second-order valence-corrected chi connectivity index (χ2v) is 8.03. The van der Waals surface area contributed by atoms with Crippen molar-refractivity contribution in [2.75, 3.05) is 7.11 Å². The molecule has 162 valence electrons. The van der Waals surface area contributed by atoms with Gasteiger partial charge in [-0.25, -0.2) is 0 Å². The van der Waals surface area contributed by atoms with Crippen molar-refractivity contribution in [1.29, 1.82) is 5.26 Å². The Bertz CT molecular complexity index is 1080. The van der Waals surface area contributed by atoms with E-state index in [1.807, 2.05) is 32.0 Å². The highest BCUT2D eigenvalue weighted by Gasteiger charge is 2.26. The lowest BCUT2D eigenvalue weighted by Crippen LogP contribution is -2.40. The van der Waals surface area contributed by atoms with Gasteiger partial charge in [-0.1, -0.05) is 19.9 Å². The Balaban J connectivity index is 1.73. The summed E-state index contributed by atoms with van der Waals surface area (Å²) in [5, 5.41) is 19.7. The highest BCUT2D eigenvalue weighted by atomic mass is 16.5. The molecule has 0 unspecified atom stereocenters. The van der Waals surface area contributed by atoms with E-state index in [1.54, 1.807) is 25.4 Å². The van der Waals surface area contributed by atoms with Crippen LogP contribution in [0.4, 0.5) is 0 Å². The molecule has 1 aromatic carbocycles. The van der Waals surface area contributed by atoms with Crippen LogP contribution in [0.1, 0.15) is 42.9 Å². The van der Waals surface area contributed by atoms with Gasteiger partial charge in [0.2, 0.25) is 5.91 Å². The van der Waals surface area contributed by atoms with Gasteiger partial charge in [0.1, 0.15) is 11.8 Å². The molecule has 0 aliphatic rings. The number of carbonyl (C=O) groups excluding carboxylic acids is 2. The normalized spacial score (nSPS) is 13.0. The highest BCUT2D eigenvalue weighted by molar-refractivity contribution is 6.02. The summed E-state index contributed by atoms with van der Waals surface area (Å²) in [5.74, 6) is -0.0687. The van der Waals surface area contributed by atoms with Gasteiger partial charge in [0.05, 0.1) is 18.9 Å². The van der Waals surface area contributed by atoms with Gasteiger partial charge in [-0.3, -0.25) is 14.7 Å². The number of Topliss-reactive ketones (excluding diaryl/α,β-unsaturated/α-hetero) is 1. The first-order chi connectivity index (χ1) is 14.9. The molecule has 3 N–H and O–H groups in total. The number of aromatic amines is 2. The predicted octanol–water partition coefficient (Wildman–Crippen LogP) is 3.39. The molecule has 0 radical (unpaired) electrons. The Labute approximate surface area is 181 Å². The van der Waals surface area contributed by atoms with Crippen LogP contribution in [-0.4, -0.2) is 40.0 Å². The zero-order chi connectivity index (χ0) is 22.4. The zero-order valence-electron chi connectivity index (χ0n) is 17.9. The zero-order valence-corrected chi connectivity index (χ0v) is 17.9. The number of hydrogen-bond donors (Lipinski definition) is 3. The number of nitrogens with one attached hydrogen (secondary N) is 3. The van der Waals surface area contributed by atoms with Gasteiger partial charge in [0, 0.05) is 41.6 Å². The Hall–Kier alpha value is -3.60. The van der Waals surface area contributed by atoms with Crippen molar-refractivity contribution in [3.05, 3.63) is 47.9 Å². The number of aromatic nitrogens is 3. The molecular formula is C23H27N5O3. The van der Waals surface area contributed by atoms with Gasteiger partial charge in [-0.2, -0.15) is 10.4 Å². The third-order valence-electron chi connectivity index (χ3n) is 5.16. The molecule has 8 heteroatoms. The van der Waals surface area contributed by atoms with E-state index < -0.39 is 12.0 Å².